The van der Waals surface area contributed by atoms with E-state index >= 15 is 0 Å². The van der Waals surface area contributed by atoms with Gasteiger partial charge in [-0.25, -0.2) is 0 Å². The van der Waals surface area contributed by atoms with E-state index in [1.807, 2.05) is 24.3 Å². The van der Waals surface area contributed by atoms with Crippen LogP contribution in [0.3, 0.4) is 0 Å². The summed E-state index contributed by atoms with van der Waals surface area (Å²) in [4.78, 5) is 4.14. The topological polar surface area (TPSA) is 54.9 Å². The van der Waals surface area contributed by atoms with Crippen LogP contribution in [0.25, 0.3) is 0 Å². The fraction of sp³-hybridized carbons (Fsp3) is 0.533. The van der Waals surface area contributed by atoms with Gasteiger partial charge in [-0.15, -0.1) is 0 Å². The maximum Gasteiger partial charge on any atom is 0.191 e. The molecule has 0 spiro atoms. The molecule has 0 unspecified atom stereocenters. The smallest absolute Gasteiger partial charge is 0.191 e. The van der Waals surface area contributed by atoms with Gasteiger partial charge in [0.2, 0.25) is 0 Å². The van der Waals surface area contributed by atoms with Crippen LogP contribution in [0.2, 0.25) is 0 Å². The van der Waals surface area contributed by atoms with Gasteiger partial charge in [0.25, 0.3) is 0 Å². The van der Waals surface area contributed by atoms with Crippen molar-refractivity contribution in [2.75, 3.05) is 27.3 Å². The van der Waals surface area contributed by atoms with Gasteiger partial charge in [0, 0.05) is 25.7 Å². The quantitative estimate of drug-likeness (QED) is 0.455. The SMILES string of the molecule is CN=C(NCCCOc1cccc(OC)c1)NC(C)C. The summed E-state index contributed by atoms with van der Waals surface area (Å²) in [6.07, 6.45) is 0.899. The van der Waals surface area contributed by atoms with Gasteiger partial charge in [-0.05, 0) is 32.4 Å². The van der Waals surface area contributed by atoms with Crippen molar-refractivity contribution in [2.24, 2.45) is 4.99 Å². The molecule has 0 aliphatic carbocycles. The van der Waals surface area contributed by atoms with Gasteiger partial charge in [0.05, 0.1) is 13.7 Å². The molecule has 0 aliphatic heterocycles. The minimum atomic E-state index is 0.370. The highest BCUT2D eigenvalue weighted by Crippen LogP contribution is 2.18. The van der Waals surface area contributed by atoms with Crippen molar-refractivity contribution < 1.29 is 9.47 Å². The summed E-state index contributed by atoms with van der Waals surface area (Å²) in [5.74, 6) is 2.46. The first-order valence-corrected chi connectivity index (χ1v) is 6.89. The second-order valence-corrected chi connectivity index (χ2v) is 4.68. The molecule has 0 bridgehead atoms. The van der Waals surface area contributed by atoms with Crippen molar-refractivity contribution in [3.63, 3.8) is 0 Å². The van der Waals surface area contributed by atoms with Gasteiger partial charge in [-0.2, -0.15) is 0 Å². The molecule has 1 rings (SSSR count). The van der Waals surface area contributed by atoms with Crippen molar-refractivity contribution >= 4 is 5.96 Å². The fourth-order valence-electron chi connectivity index (χ4n) is 1.63. The Morgan fingerprint density at radius 1 is 1.30 bits per heavy atom. The van der Waals surface area contributed by atoms with Crippen molar-refractivity contribution in [1.82, 2.24) is 10.6 Å². The lowest BCUT2D eigenvalue weighted by Gasteiger charge is -2.14. The number of guanidine groups is 1. The normalized spacial score (nSPS) is 11.3. The van der Waals surface area contributed by atoms with Crippen molar-refractivity contribution in [3.05, 3.63) is 24.3 Å². The van der Waals surface area contributed by atoms with E-state index in [4.69, 9.17) is 9.47 Å². The van der Waals surface area contributed by atoms with E-state index < -0.39 is 0 Å². The van der Waals surface area contributed by atoms with Crippen LogP contribution in [-0.4, -0.2) is 39.3 Å². The lowest BCUT2D eigenvalue weighted by Crippen LogP contribution is -2.41. The van der Waals surface area contributed by atoms with Crippen LogP contribution in [0.4, 0.5) is 0 Å². The number of rotatable bonds is 7. The minimum Gasteiger partial charge on any atom is -0.497 e. The van der Waals surface area contributed by atoms with Crippen LogP contribution in [0.1, 0.15) is 20.3 Å². The fourth-order valence-corrected chi connectivity index (χ4v) is 1.63. The number of ether oxygens (including phenoxy) is 2. The Bertz CT molecular complexity index is 419. The number of methoxy groups -OCH3 is 1. The number of aliphatic imine (C=N–C) groups is 1. The highest BCUT2D eigenvalue weighted by Gasteiger charge is 2.00. The molecule has 112 valence electrons. The molecule has 1 aromatic carbocycles. The number of benzene rings is 1. The second-order valence-electron chi connectivity index (χ2n) is 4.68. The second kappa shape index (κ2) is 9.07. The first-order chi connectivity index (χ1) is 9.65. The molecule has 0 heterocycles. The molecular formula is C15H25N3O2. The molecule has 0 saturated heterocycles. The van der Waals surface area contributed by atoms with Gasteiger partial charge in [0.15, 0.2) is 5.96 Å². The van der Waals surface area contributed by atoms with Gasteiger partial charge in [-0.3, -0.25) is 4.99 Å². The summed E-state index contributed by atoms with van der Waals surface area (Å²) in [5, 5.41) is 6.48. The molecule has 5 nitrogen and oxygen atoms in total. The summed E-state index contributed by atoms with van der Waals surface area (Å²) < 4.78 is 10.8. The van der Waals surface area contributed by atoms with Gasteiger partial charge < -0.3 is 20.1 Å². The minimum absolute atomic E-state index is 0.370. The van der Waals surface area contributed by atoms with E-state index in [2.05, 4.69) is 29.5 Å². The molecule has 0 aromatic heterocycles. The monoisotopic (exact) mass is 279 g/mol. The van der Waals surface area contributed by atoms with Crippen molar-refractivity contribution in [1.29, 1.82) is 0 Å². The number of hydrogen-bond donors (Lipinski definition) is 2. The molecule has 0 saturated carbocycles. The third kappa shape index (κ3) is 6.31. The van der Waals surface area contributed by atoms with Crippen LogP contribution in [0.15, 0.2) is 29.3 Å². The predicted octanol–water partition coefficient (Wildman–Crippen LogP) is 2.04. The highest BCUT2D eigenvalue weighted by atomic mass is 16.5. The first kappa shape index (κ1) is 16.1. The van der Waals surface area contributed by atoms with Crippen LogP contribution in [-0.2, 0) is 0 Å². The number of hydrogen-bond acceptors (Lipinski definition) is 3. The van der Waals surface area contributed by atoms with E-state index in [0.717, 1.165) is 30.4 Å². The maximum absolute atomic E-state index is 5.66. The van der Waals surface area contributed by atoms with E-state index in [1.54, 1.807) is 14.2 Å². The van der Waals surface area contributed by atoms with E-state index in [0.29, 0.717) is 12.6 Å². The average molecular weight is 279 g/mol. The van der Waals surface area contributed by atoms with E-state index in [-0.39, 0.29) is 0 Å². The molecule has 0 fully saturated rings. The lowest BCUT2D eigenvalue weighted by atomic mass is 10.3. The summed E-state index contributed by atoms with van der Waals surface area (Å²) in [5.41, 5.74) is 0. The van der Waals surface area contributed by atoms with Crippen LogP contribution in [0, 0.1) is 0 Å². The molecule has 0 atom stereocenters. The molecule has 5 heteroatoms. The van der Waals surface area contributed by atoms with Crippen LogP contribution in [0.5, 0.6) is 11.5 Å². The number of nitrogens with one attached hydrogen (secondary N) is 2. The van der Waals surface area contributed by atoms with Crippen LogP contribution < -0.4 is 20.1 Å². The third-order valence-electron chi connectivity index (χ3n) is 2.57. The summed E-state index contributed by atoms with van der Waals surface area (Å²) in [6.45, 7) is 5.63. The van der Waals surface area contributed by atoms with Gasteiger partial charge in [0.1, 0.15) is 11.5 Å². The molecule has 1 aromatic rings. The molecule has 0 aliphatic rings. The van der Waals surface area contributed by atoms with E-state index in [1.165, 1.54) is 0 Å². The van der Waals surface area contributed by atoms with Gasteiger partial charge >= 0.3 is 0 Å². The predicted molar refractivity (Wildman–Crippen MR) is 82.7 cm³/mol. The maximum atomic E-state index is 5.66. The zero-order valence-electron chi connectivity index (χ0n) is 12.8. The standard InChI is InChI=1S/C15H25N3O2/c1-12(2)18-15(16-3)17-9-6-10-20-14-8-5-7-13(11-14)19-4/h5,7-8,11-12H,6,9-10H2,1-4H3,(H2,16,17,18). The summed E-state index contributed by atoms with van der Waals surface area (Å²) in [6, 6.07) is 7.99. The Balaban J connectivity index is 2.21. The Hall–Kier alpha value is -1.91. The molecule has 0 radical (unpaired) electrons. The lowest BCUT2D eigenvalue weighted by molar-refractivity contribution is 0.308. The van der Waals surface area contributed by atoms with Crippen molar-refractivity contribution in [2.45, 2.75) is 26.3 Å². The molecule has 20 heavy (non-hydrogen) atoms. The molecular weight excluding hydrogens is 254 g/mol. The van der Waals surface area contributed by atoms with Crippen LogP contribution >= 0.6 is 0 Å². The zero-order chi connectivity index (χ0) is 14.8. The Morgan fingerprint density at radius 3 is 2.70 bits per heavy atom. The summed E-state index contributed by atoms with van der Waals surface area (Å²) in [7, 11) is 3.42. The Labute approximate surface area is 121 Å². The molecule has 2 N–H and O–H groups in total. The largest absolute Gasteiger partial charge is 0.497 e. The molecule has 0 amide bonds. The Morgan fingerprint density at radius 2 is 2.05 bits per heavy atom. The first-order valence-electron chi connectivity index (χ1n) is 6.89. The number of nitrogens with zero attached hydrogens (tertiary/aromatic N) is 1. The zero-order valence-corrected chi connectivity index (χ0v) is 12.8. The van der Waals surface area contributed by atoms with Gasteiger partial charge in [-0.1, -0.05) is 6.07 Å². The van der Waals surface area contributed by atoms with E-state index in [9.17, 15) is 0 Å². The average Bonchev–Trinajstić information content (AvgIpc) is 2.45. The third-order valence-corrected chi connectivity index (χ3v) is 2.57. The summed E-state index contributed by atoms with van der Waals surface area (Å²) >= 11 is 0. The Kier molecular flexibility index (Phi) is 7.32. The highest BCUT2D eigenvalue weighted by molar-refractivity contribution is 5.79. The van der Waals surface area contributed by atoms with Crippen molar-refractivity contribution in [3.8, 4) is 11.5 Å².